The average Bonchev–Trinajstić information content (AvgIpc) is 2.64. The zero-order chi connectivity index (χ0) is 12.7. The van der Waals surface area contributed by atoms with Gasteiger partial charge in [0.2, 0.25) is 0 Å². The third-order valence-electron chi connectivity index (χ3n) is 3.05. The number of hydrogen-bond acceptors (Lipinski definition) is 2. The number of carbonyl (C=O) groups is 1. The molecule has 0 amide bonds. The number of fused-ring (bicyclic) bond motifs is 1. The average molecular weight is 248 g/mol. The van der Waals surface area contributed by atoms with Gasteiger partial charge in [0.1, 0.15) is 4.88 Å². The molecule has 0 aliphatic heterocycles. The summed E-state index contributed by atoms with van der Waals surface area (Å²) < 4.78 is 1.12. The Morgan fingerprint density at radius 2 is 1.82 bits per heavy atom. The number of thiophene rings is 1. The van der Waals surface area contributed by atoms with Crippen LogP contribution in [-0.2, 0) is 0 Å². The minimum Gasteiger partial charge on any atom is -0.477 e. The van der Waals surface area contributed by atoms with Crippen LogP contribution in [0.5, 0.6) is 0 Å². The Bertz CT molecular complexity index is 594. The molecular weight excluding hydrogens is 232 g/mol. The highest BCUT2D eigenvalue weighted by atomic mass is 32.1. The van der Waals surface area contributed by atoms with Gasteiger partial charge in [-0.25, -0.2) is 4.79 Å². The number of aryl methyl sites for hydroxylation is 2. The first-order valence-corrected chi connectivity index (χ1v) is 6.51. The second-order valence-corrected chi connectivity index (χ2v) is 5.73. The lowest BCUT2D eigenvalue weighted by atomic mass is 9.95. The summed E-state index contributed by atoms with van der Waals surface area (Å²) in [4.78, 5) is 11.8. The molecule has 0 radical (unpaired) electrons. The lowest BCUT2D eigenvalue weighted by Gasteiger charge is -2.08. The number of aromatic carboxylic acids is 1. The van der Waals surface area contributed by atoms with Crippen LogP contribution in [0.1, 0.15) is 46.1 Å². The number of benzene rings is 1. The van der Waals surface area contributed by atoms with E-state index >= 15 is 0 Å². The fourth-order valence-corrected chi connectivity index (χ4v) is 3.57. The van der Waals surface area contributed by atoms with Gasteiger partial charge >= 0.3 is 5.97 Å². The van der Waals surface area contributed by atoms with Gasteiger partial charge in [0.25, 0.3) is 0 Å². The summed E-state index contributed by atoms with van der Waals surface area (Å²) in [5, 5.41) is 10.4. The summed E-state index contributed by atoms with van der Waals surface area (Å²) in [6, 6.07) is 4.13. The molecule has 0 unspecified atom stereocenters. The van der Waals surface area contributed by atoms with Gasteiger partial charge in [-0.2, -0.15) is 0 Å². The first-order chi connectivity index (χ1) is 7.93. The first-order valence-electron chi connectivity index (χ1n) is 5.69. The molecule has 0 aliphatic carbocycles. The van der Waals surface area contributed by atoms with Gasteiger partial charge in [0.05, 0.1) is 0 Å². The van der Waals surface area contributed by atoms with E-state index in [1.807, 2.05) is 13.8 Å². The van der Waals surface area contributed by atoms with Gasteiger partial charge in [0.15, 0.2) is 0 Å². The van der Waals surface area contributed by atoms with Crippen LogP contribution < -0.4 is 0 Å². The molecule has 0 saturated heterocycles. The quantitative estimate of drug-likeness (QED) is 0.858. The van der Waals surface area contributed by atoms with Crippen molar-refractivity contribution in [3.63, 3.8) is 0 Å². The summed E-state index contributed by atoms with van der Waals surface area (Å²) >= 11 is 1.40. The Balaban J connectivity index is 2.95. The van der Waals surface area contributed by atoms with E-state index in [9.17, 15) is 9.90 Å². The Morgan fingerprint density at radius 1 is 1.24 bits per heavy atom. The Kier molecular flexibility index (Phi) is 2.96. The molecule has 2 aromatic rings. The van der Waals surface area contributed by atoms with E-state index in [-0.39, 0.29) is 5.92 Å². The van der Waals surface area contributed by atoms with Crippen molar-refractivity contribution in [1.29, 1.82) is 0 Å². The van der Waals surface area contributed by atoms with E-state index in [0.29, 0.717) is 4.88 Å². The highest BCUT2D eigenvalue weighted by Gasteiger charge is 2.21. The molecule has 1 N–H and O–H groups in total. The summed E-state index contributed by atoms with van der Waals surface area (Å²) in [7, 11) is 0. The van der Waals surface area contributed by atoms with Gasteiger partial charge in [-0.1, -0.05) is 26.0 Å². The molecule has 17 heavy (non-hydrogen) atoms. The van der Waals surface area contributed by atoms with E-state index in [1.165, 1.54) is 11.3 Å². The molecule has 0 spiro atoms. The lowest BCUT2D eigenvalue weighted by Crippen LogP contribution is -1.99. The van der Waals surface area contributed by atoms with Gasteiger partial charge < -0.3 is 5.11 Å². The molecule has 2 nitrogen and oxygen atoms in total. The fourth-order valence-electron chi connectivity index (χ4n) is 2.23. The second kappa shape index (κ2) is 4.15. The first kappa shape index (κ1) is 12.1. The minimum atomic E-state index is -0.811. The maximum atomic E-state index is 11.3. The van der Waals surface area contributed by atoms with Gasteiger partial charge in [-0.05, 0) is 41.8 Å². The van der Waals surface area contributed by atoms with Gasteiger partial charge in [-0.3, -0.25) is 0 Å². The summed E-state index contributed by atoms with van der Waals surface area (Å²) in [5.41, 5.74) is 3.31. The van der Waals surface area contributed by atoms with Crippen molar-refractivity contribution >= 4 is 27.4 Å². The standard InChI is InChI=1S/C14H16O2S/c1-7(2)10-11-8(3)5-6-9(4)12(11)17-13(10)14(15)16/h5-7H,1-4H3,(H,15,16). The third kappa shape index (κ3) is 1.84. The van der Waals surface area contributed by atoms with Gasteiger partial charge in [0, 0.05) is 4.70 Å². The van der Waals surface area contributed by atoms with Crippen molar-refractivity contribution in [2.45, 2.75) is 33.6 Å². The van der Waals surface area contributed by atoms with Crippen LogP contribution in [-0.4, -0.2) is 11.1 Å². The molecule has 3 heteroatoms. The van der Waals surface area contributed by atoms with E-state index in [2.05, 4.69) is 26.0 Å². The predicted octanol–water partition coefficient (Wildman–Crippen LogP) is 4.34. The van der Waals surface area contributed by atoms with Crippen molar-refractivity contribution < 1.29 is 9.90 Å². The van der Waals surface area contributed by atoms with Gasteiger partial charge in [-0.15, -0.1) is 11.3 Å². The highest BCUT2D eigenvalue weighted by Crippen LogP contribution is 2.39. The fraction of sp³-hybridized carbons (Fsp3) is 0.357. The zero-order valence-electron chi connectivity index (χ0n) is 10.5. The Labute approximate surface area is 105 Å². The molecule has 2 rings (SSSR count). The molecule has 1 heterocycles. The molecule has 0 atom stereocenters. The zero-order valence-corrected chi connectivity index (χ0v) is 11.3. The van der Waals surface area contributed by atoms with Crippen molar-refractivity contribution in [2.75, 3.05) is 0 Å². The summed E-state index contributed by atoms with van der Waals surface area (Å²) in [6.45, 7) is 8.19. The Hall–Kier alpha value is -1.35. The molecular formula is C14H16O2S. The summed E-state index contributed by atoms with van der Waals surface area (Å²) in [5.74, 6) is -0.580. The maximum absolute atomic E-state index is 11.3. The second-order valence-electron chi connectivity index (χ2n) is 4.71. The number of rotatable bonds is 2. The van der Waals surface area contributed by atoms with Crippen LogP contribution in [0.3, 0.4) is 0 Å². The van der Waals surface area contributed by atoms with E-state index in [1.54, 1.807) is 0 Å². The number of carboxylic acids is 1. The minimum absolute atomic E-state index is 0.232. The van der Waals surface area contributed by atoms with Crippen LogP contribution in [0.4, 0.5) is 0 Å². The lowest BCUT2D eigenvalue weighted by molar-refractivity contribution is 0.0701. The maximum Gasteiger partial charge on any atom is 0.346 e. The highest BCUT2D eigenvalue weighted by molar-refractivity contribution is 7.21. The molecule has 0 fully saturated rings. The smallest absolute Gasteiger partial charge is 0.346 e. The van der Waals surface area contributed by atoms with Crippen LogP contribution in [0, 0.1) is 13.8 Å². The SMILES string of the molecule is Cc1ccc(C)c2c(C(C)C)c(C(=O)O)sc12. The van der Waals surface area contributed by atoms with E-state index in [0.717, 1.165) is 26.8 Å². The number of hydrogen-bond donors (Lipinski definition) is 1. The van der Waals surface area contributed by atoms with Crippen molar-refractivity contribution in [3.8, 4) is 0 Å². The van der Waals surface area contributed by atoms with Crippen LogP contribution in [0.25, 0.3) is 10.1 Å². The van der Waals surface area contributed by atoms with E-state index < -0.39 is 5.97 Å². The Morgan fingerprint density at radius 3 is 2.35 bits per heavy atom. The molecule has 90 valence electrons. The van der Waals surface area contributed by atoms with Crippen molar-refractivity contribution in [2.24, 2.45) is 0 Å². The molecule has 1 aromatic carbocycles. The predicted molar refractivity (Wildman–Crippen MR) is 72.3 cm³/mol. The molecule has 0 bridgehead atoms. The number of carboxylic acid groups (broad SMARTS) is 1. The third-order valence-corrected chi connectivity index (χ3v) is 4.38. The van der Waals surface area contributed by atoms with Crippen molar-refractivity contribution in [1.82, 2.24) is 0 Å². The monoisotopic (exact) mass is 248 g/mol. The van der Waals surface area contributed by atoms with E-state index in [4.69, 9.17) is 0 Å². The van der Waals surface area contributed by atoms with Crippen LogP contribution in [0.2, 0.25) is 0 Å². The van der Waals surface area contributed by atoms with Crippen LogP contribution >= 0.6 is 11.3 Å². The topological polar surface area (TPSA) is 37.3 Å². The molecule has 1 aromatic heterocycles. The molecule has 0 saturated carbocycles. The largest absolute Gasteiger partial charge is 0.477 e. The summed E-state index contributed by atoms with van der Waals surface area (Å²) in [6.07, 6.45) is 0. The van der Waals surface area contributed by atoms with Crippen molar-refractivity contribution in [3.05, 3.63) is 33.7 Å². The van der Waals surface area contributed by atoms with Crippen LogP contribution in [0.15, 0.2) is 12.1 Å². The normalized spacial score (nSPS) is 11.4. The molecule has 0 aliphatic rings.